The summed E-state index contributed by atoms with van der Waals surface area (Å²) in [5.74, 6) is -4.17. The first-order valence-corrected chi connectivity index (χ1v) is 7.08. The molecule has 0 aliphatic carbocycles. The maximum atomic E-state index is 13.1. The van der Waals surface area contributed by atoms with Crippen LogP contribution in [0.5, 0.6) is 0 Å². The summed E-state index contributed by atoms with van der Waals surface area (Å²) in [5.41, 5.74) is 1.24. The van der Waals surface area contributed by atoms with Crippen LogP contribution >= 0.6 is 0 Å². The van der Waals surface area contributed by atoms with Crippen LogP contribution in [0.25, 0.3) is 0 Å². The summed E-state index contributed by atoms with van der Waals surface area (Å²) in [6.45, 7) is 0.605. The molecule has 2 rings (SSSR count). The number of rotatable bonds is 6. The molecule has 0 saturated heterocycles. The number of amides is 1. The third kappa shape index (κ3) is 5.10. The van der Waals surface area contributed by atoms with Gasteiger partial charge >= 0.3 is 0 Å². The summed E-state index contributed by atoms with van der Waals surface area (Å²) >= 11 is 0. The van der Waals surface area contributed by atoms with Gasteiger partial charge in [-0.1, -0.05) is 30.3 Å². The van der Waals surface area contributed by atoms with E-state index in [-0.39, 0.29) is 24.6 Å². The third-order valence-corrected chi connectivity index (χ3v) is 3.24. The smallest absolute Gasteiger partial charge is 0.234 e. The first kappa shape index (κ1) is 17.0. The van der Waals surface area contributed by atoms with Gasteiger partial charge in [-0.2, -0.15) is 0 Å². The number of benzene rings is 2. The zero-order chi connectivity index (χ0) is 16.8. The molecule has 1 N–H and O–H groups in total. The highest BCUT2D eigenvalue weighted by molar-refractivity contribution is 5.77. The number of hydrogen-bond donors (Lipinski definition) is 1. The number of halogens is 3. The second-order valence-corrected chi connectivity index (χ2v) is 5.31. The number of likely N-dealkylation sites (N-methyl/N-ethyl adjacent to an activating group) is 1. The van der Waals surface area contributed by atoms with Crippen LogP contribution in [-0.4, -0.2) is 24.4 Å². The van der Waals surface area contributed by atoms with Crippen molar-refractivity contribution in [2.24, 2.45) is 0 Å². The number of nitrogens with one attached hydrogen (secondary N) is 1. The SMILES string of the molecule is CN(CC(=O)NCc1ccccc1)Cc1cc(F)c(F)c(F)c1. The molecule has 2 aromatic rings. The number of carbonyl (C=O) groups is 1. The molecule has 0 radical (unpaired) electrons. The van der Waals surface area contributed by atoms with Crippen LogP contribution in [0.15, 0.2) is 42.5 Å². The van der Waals surface area contributed by atoms with Crippen molar-refractivity contribution in [2.75, 3.05) is 13.6 Å². The Labute approximate surface area is 132 Å². The van der Waals surface area contributed by atoms with Crippen LogP contribution < -0.4 is 5.32 Å². The lowest BCUT2D eigenvalue weighted by Gasteiger charge is -2.16. The molecule has 23 heavy (non-hydrogen) atoms. The summed E-state index contributed by atoms with van der Waals surface area (Å²) in [4.78, 5) is 13.4. The first-order valence-electron chi connectivity index (χ1n) is 7.08. The molecule has 0 aliphatic rings. The molecule has 2 aromatic carbocycles. The van der Waals surface area contributed by atoms with Gasteiger partial charge in [-0.3, -0.25) is 9.69 Å². The molecule has 0 spiro atoms. The average molecular weight is 322 g/mol. The summed E-state index contributed by atoms with van der Waals surface area (Å²) in [5, 5.41) is 2.76. The molecule has 6 heteroatoms. The fourth-order valence-electron chi connectivity index (χ4n) is 2.16. The monoisotopic (exact) mass is 322 g/mol. The number of carbonyl (C=O) groups excluding carboxylic acids is 1. The largest absolute Gasteiger partial charge is 0.351 e. The highest BCUT2D eigenvalue weighted by Crippen LogP contribution is 2.14. The van der Waals surface area contributed by atoms with Gasteiger partial charge < -0.3 is 5.32 Å². The Bertz CT molecular complexity index is 654. The van der Waals surface area contributed by atoms with Crippen LogP contribution in [0.4, 0.5) is 13.2 Å². The first-order chi connectivity index (χ1) is 11.0. The van der Waals surface area contributed by atoms with Crippen molar-refractivity contribution in [3.63, 3.8) is 0 Å². The van der Waals surface area contributed by atoms with E-state index in [2.05, 4.69) is 5.32 Å². The van der Waals surface area contributed by atoms with E-state index in [1.54, 1.807) is 11.9 Å². The van der Waals surface area contributed by atoms with E-state index in [4.69, 9.17) is 0 Å². The lowest BCUT2D eigenvalue weighted by atomic mass is 10.2. The van der Waals surface area contributed by atoms with E-state index < -0.39 is 17.5 Å². The van der Waals surface area contributed by atoms with E-state index >= 15 is 0 Å². The molecule has 0 saturated carbocycles. The topological polar surface area (TPSA) is 32.3 Å². The Morgan fingerprint density at radius 3 is 2.26 bits per heavy atom. The second-order valence-electron chi connectivity index (χ2n) is 5.31. The van der Waals surface area contributed by atoms with Crippen molar-refractivity contribution in [2.45, 2.75) is 13.1 Å². The fraction of sp³-hybridized carbons (Fsp3) is 0.235. The molecule has 1 amide bonds. The van der Waals surface area contributed by atoms with Crippen molar-refractivity contribution in [1.82, 2.24) is 10.2 Å². The van der Waals surface area contributed by atoms with Crippen molar-refractivity contribution in [1.29, 1.82) is 0 Å². The van der Waals surface area contributed by atoms with Crippen molar-refractivity contribution in [3.05, 3.63) is 71.0 Å². The van der Waals surface area contributed by atoms with Crippen LogP contribution in [0.2, 0.25) is 0 Å². The minimum atomic E-state index is -1.49. The lowest BCUT2D eigenvalue weighted by molar-refractivity contribution is -0.122. The summed E-state index contributed by atoms with van der Waals surface area (Å²) < 4.78 is 39.2. The van der Waals surface area contributed by atoms with E-state index in [9.17, 15) is 18.0 Å². The molecule has 0 aliphatic heterocycles. The molecule has 3 nitrogen and oxygen atoms in total. The zero-order valence-corrected chi connectivity index (χ0v) is 12.7. The van der Waals surface area contributed by atoms with E-state index in [1.165, 1.54) is 0 Å². The Balaban J connectivity index is 1.84. The van der Waals surface area contributed by atoms with Gasteiger partial charge in [0.1, 0.15) is 0 Å². The maximum absolute atomic E-state index is 13.1. The van der Waals surface area contributed by atoms with Gasteiger partial charge in [0.05, 0.1) is 6.54 Å². The molecule has 0 unspecified atom stereocenters. The molecule has 0 atom stereocenters. The number of hydrogen-bond acceptors (Lipinski definition) is 2. The average Bonchev–Trinajstić information content (AvgIpc) is 2.51. The van der Waals surface area contributed by atoms with Crippen LogP contribution in [0.3, 0.4) is 0 Å². The van der Waals surface area contributed by atoms with Gasteiger partial charge in [-0.05, 0) is 30.3 Å². The highest BCUT2D eigenvalue weighted by atomic mass is 19.2. The van der Waals surface area contributed by atoms with Gasteiger partial charge in [0.15, 0.2) is 17.5 Å². The summed E-state index contributed by atoms with van der Waals surface area (Å²) in [6.07, 6.45) is 0. The summed E-state index contributed by atoms with van der Waals surface area (Å²) in [6, 6.07) is 11.3. The predicted molar refractivity (Wildman–Crippen MR) is 80.9 cm³/mol. The highest BCUT2D eigenvalue weighted by Gasteiger charge is 2.13. The molecular formula is C17H17F3N2O. The van der Waals surface area contributed by atoms with Gasteiger partial charge in [0.25, 0.3) is 0 Å². The molecular weight excluding hydrogens is 305 g/mol. The van der Waals surface area contributed by atoms with E-state index in [0.717, 1.165) is 17.7 Å². The minimum Gasteiger partial charge on any atom is -0.351 e. The minimum absolute atomic E-state index is 0.0629. The van der Waals surface area contributed by atoms with Crippen LogP contribution in [0, 0.1) is 17.5 Å². The Morgan fingerprint density at radius 2 is 1.65 bits per heavy atom. The van der Waals surface area contributed by atoms with Gasteiger partial charge in [-0.15, -0.1) is 0 Å². The molecule has 0 bridgehead atoms. The quantitative estimate of drug-likeness (QED) is 0.830. The van der Waals surface area contributed by atoms with Gasteiger partial charge in [0, 0.05) is 13.1 Å². The molecule has 0 heterocycles. The normalized spacial score (nSPS) is 10.8. The second kappa shape index (κ2) is 7.78. The fourth-order valence-corrected chi connectivity index (χ4v) is 2.16. The Morgan fingerprint density at radius 1 is 1.04 bits per heavy atom. The van der Waals surface area contributed by atoms with Crippen LogP contribution in [0.1, 0.15) is 11.1 Å². The van der Waals surface area contributed by atoms with E-state index in [0.29, 0.717) is 6.54 Å². The third-order valence-electron chi connectivity index (χ3n) is 3.24. The van der Waals surface area contributed by atoms with Crippen LogP contribution in [-0.2, 0) is 17.9 Å². The lowest BCUT2D eigenvalue weighted by Crippen LogP contribution is -2.34. The predicted octanol–water partition coefficient (Wildman–Crippen LogP) is 2.85. The Kier molecular flexibility index (Phi) is 5.76. The standard InChI is InChI=1S/C17H17F3N2O/c1-22(10-13-7-14(18)17(20)15(19)8-13)11-16(23)21-9-12-5-3-2-4-6-12/h2-8H,9-11H2,1H3,(H,21,23). The van der Waals surface area contributed by atoms with Gasteiger partial charge in [-0.25, -0.2) is 13.2 Å². The van der Waals surface area contributed by atoms with E-state index in [1.807, 2.05) is 30.3 Å². The maximum Gasteiger partial charge on any atom is 0.234 e. The van der Waals surface area contributed by atoms with Crippen molar-refractivity contribution >= 4 is 5.91 Å². The Hall–Kier alpha value is -2.34. The van der Waals surface area contributed by atoms with Crippen molar-refractivity contribution < 1.29 is 18.0 Å². The van der Waals surface area contributed by atoms with Gasteiger partial charge in [0.2, 0.25) is 5.91 Å². The molecule has 0 aromatic heterocycles. The summed E-state index contributed by atoms with van der Waals surface area (Å²) in [7, 11) is 1.64. The molecule has 0 fully saturated rings. The zero-order valence-electron chi connectivity index (χ0n) is 12.7. The number of nitrogens with zero attached hydrogens (tertiary/aromatic N) is 1. The molecule has 122 valence electrons. The van der Waals surface area contributed by atoms with Crippen molar-refractivity contribution in [3.8, 4) is 0 Å².